The van der Waals surface area contributed by atoms with Crippen molar-refractivity contribution in [1.29, 1.82) is 0 Å². The lowest BCUT2D eigenvalue weighted by Gasteiger charge is -2.41. The number of piperidine rings is 1. The zero-order valence-corrected chi connectivity index (χ0v) is 21.2. The van der Waals surface area contributed by atoms with Gasteiger partial charge in [-0.3, -0.25) is 4.90 Å². The van der Waals surface area contributed by atoms with Gasteiger partial charge >= 0.3 is 0 Å². The predicted octanol–water partition coefficient (Wildman–Crippen LogP) is 4.54. The average molecular weight is 500 g/mol. The molecule has 2 aliphatic heterocycles. The molecule has 1 atom stereocenters. The predicted molar refractivity (Wildman–Crippen MR) is 132 cm³/mol. The molecular formula is C24H32Cl2N2O3S. The molecule has 2 heterocycles. The van der Waals surface area contributed by atoms with Crippen LogP contribution >= 0.6 is 24.0 Å². The number of nitrogens with zero attached hydrogens (tertiary/aromatic N) is 1. The second-order valence-corrected chi connectivity index (χ2v) is 11.2. The zero-order chi connectivity index (χ0) is 22.2. The highest BCUT2D eigenvalue weighted by Gasteiger charge is 2.41. The number of aryl methyl sites for hydroxylation is 2. The van der Waals surface area contributed by atoms with E-state index in [4.69, 9.17) is 16.3 Å². The molecule has 32 heavy (non-hydrogen) atoms. The van der Waals surface area contributed by atoms with Crippen molar-refractivity contribution in [3.63, 3.8) is 0 Å². The summed E-state index contributed by atoms with van der Waals surface area (Å²) in [5, 5.41) is 3.44. The van der Waals surface area contributed by atoms with Gasteiger partial charge in [0.1, 0.15) is 11.1 Å². The first-order chi connectivity index (χ1) is 14.8. The number of nitrogens with one attached hydrogen (secondary N) is 1. The number of ether oxygens (including phenoxy) is 1. The Hall–Kier alpha value is -1.31. The molecule has 5 nitrogen and oxygen atoms in total. The van der Waals surface area contributed by atoms with Gasteiger partial charge in [0.15, 0.2) is 9.84 Å². The molecule has 1 unspecified atom stereocenters. The van der Waals surface area contributed by atoms with Crippen LogP contribution < -0.4 is 10.1 Å². The highest BCUT2D eigenvalue weighted by atomic mass is 35.5. The van der Waals surface area contributed by atoms with Crippen molar-refractivity contribution in [3.8, 4) is 5.75 Å². The fourth-order valence-electron chi connectivity index (χ4n) is 4.96. The smallest absolute Gasteiger partial charge is 0.194 e. The lowest BCUT2D eigenvalue weighted by atomic mass is 9.94. The van der Waals surface area contributed by atoms with Crippen LogP contribution in [0.5, 0.6) is 5.75 Å². The molecule has 2 aliphatic rings. The molecular weight excluding hydrogens is 467 g/mol. The van der Waals surface area contributed by atoms with Crippen molar-refractivity contribution in [2.24, 2.45) is 5.92 Å². The van der Waals surface area contributed by atoms with Gasteiger partial charge in [-0.2, -0.15) is 0 Å². The van der Waals surface area contributed by atoms with E-state index in [9.17, 15) is 8.42 Å². The Kier molecular flexibility index (Phi) is 8.16. The van der Waals surface area contributed by atoms with Crippen LogP contribution in [0.1, 0.15) is 35.1 Å². The van der Waals surface area contributed by atoms with E-state index in [0.717, 1.165) is 55.8 Å². The Morgan fingerprint density at radius 3 is 2.50 bits per heavy atom. The first kappa shape index (κ1) is 25.3. The maximum Gasteiger partial charge on any atom is 0.194 e. The summed E-state index contributed by atoms with van der Waals surface area (Å²) < 4.78 is 33.6. The van der Waals surface area contributed by atoms with Crippen LogP contribution in [-0.2, 0) is 22.8 Å². The number of sulfone groups is 1. The summed E-state index contributed by atoms with van der Waals surface area (Å²) in [5.74, 6) is 0.948. The fourth-order valence-corrected chi connectivity index (χ4v) is 7.64. The molecule has 0 bridgehead atoms. The molecule has 1 fully saturated rings. The third-order valence-corrected chi connectivity index (χ3v) is 9.46. The van der Waals surface area contributed by atoms with Crippen molar-refractivity contribution < 1.29 is 13.2 Å². The van der Waals surface area contributed by atoms with Crippen LogP contribution in [0, 0.1) is 19.8 Å². The summed E-state index contributed by atoms with van der Waals surface area (Å²) in [5.41, 5.74) is 3.95. The van der Waals surface area contributed by atoms with Gasteiger partial charge < -0.3 is 10.1 Å². The molecule has 0 aromatic heterocycles. The van der Waals surface area contributed by atoms with Gasteiger partial charge in [-0.15, -0.1) is 12.4 Å². The standard InChI is InChI=1S/C24H31ClN2O3S.ClH/c1-16-13-23(17(2)12-22(16)25)31(28,29)24(18-6-9-26-10-7-18)27-11-8-19-14-21(30-3)5-4-20(19)15-27;/h4-5,12-14,18,24,26H,6-11,15H2,1-3H3;1H. The van der Waals surface area contributed by atoms with E-state index in [-0.39, 0.29) is 18.3 Å². The highest BCUT2D eigenvalue weighted by molar-refractivity contribution is 7.92. The van der Waals surface area contributed by atoms with E-state index < -0.39 is 15.2 Å². The number of hydrogen-bond donors (Lipinski definition) is 1. The summed E-state index contributed by atoms with van der Waals surface area (Å²) in [6.45, 7) is 6.78. The molecule has 0 spiro atoms. The minimum absolute atomic E-state index is 0. The van der Waals surface area contributed by atoms with Crippen LogP contribution in [0.2, 0.25) is 5.02 Å². The van der Waals surface area contributed by atoms with Crippen LogP contribution in [0.3, 0.4) is 0 Å². The molecule has 0 aliphatic carbocycles. The van der Waals surface area contributed by atoms with Gasteiger partial charge in [0.25, 0.3) is 0 Å². The highest BCUT2D eigenvalue weighted by Crippen LogP contribution is 2.36. The van der Waals surface area contributed by atoms with Gasteiger partial charge in [0, 0.05) is 18.1 Å². The number of rotatable bonds is 5. The Morgan fingerprint density at radius 1 is 1.09 bits per heavy atom. The van der Waals surface area contributed by atoms with E-state index in [1.54, 1.807) is 19.2 Å². The first-order valence-electron chi connectivity index (χ1n) is 10.9. The Labute approximate surface area is 202 Å². The van der Waals surface area contributed by atoms with Gasteiger partial charge in [-0.05, 0) is 98.6 Å². The van der Waals surface area contributed by atoms with Gasteiger partial charge in [-0.1, -0.05) is 17.7 Å². The first-order valence-corrected chi connectivity index (χ1v) is 12.8. The van der Waals surface area contributed by atoms with Crippen LogP contribution in [0.25, 0.3) is 0 Å². The minimum atomic E-state index is -3.57. The number of fused-ring (bicyclic) bond motifs is 1. The summed E-state index contributed by atoms with van der Waals surface area (Å²) in [6.07, 6.45) is 2.55. The molecule has 8 heteroatoms. The van der Waals surface area contributed by atoms with E-state index in [1.165, 1.54) is 11.1 Å². The van der Waals surface area contributed by atoms with E-state index in [0.29, 0.717) is 16.5 Å². The van der Waals surface area contributed by atoms with Crippen molar-refractivity contribution in [2.75, 3.05) is 26.7 Å². The van der Waals surface area contributed by atoms with E-state index in [2.05, 4.69) is 22.3 Å². The topological polar surface area (TPSA) is 58.6 Å². The lowest BCUT2D eigenvalue weighted by Crippen LogP contribution is -2.50. The molecule has 2 aromatic carbocycles. The largest absolute Gasteiger partial charge is 0.497 e. The average Bonchev–Trinajstić information content (AvgIpc) is 2.76. The SMILES string of the molecule is COc1ccc2c(c1)CCN(C(C1CCNCC1)S(=O)(=O)c1cc(C)c(Cl)cc1C)C2.Cl. The van der Waals surface area contributed by atoms with Crippen LogP contribution in [0.4, 0.5) is 0 Å². The van der Waals surface area contributed by atoms with Crippen molar-refractivity contribution >= 4 is 33.8 Å². The third-order valence-electron chi connectivity index (χ3n) is 6.68. The second-order valence-electron chi connectivity index (χ2n) is 8.75. The molecule has 2 aromatic rings. The fraction of sp³-hybridized carbons (Fsp3) is 0.500. The number of methoxy groups -OCH3 is 1. The van der Waals surface area contributed by atoms with Crippen LogP contribution in [0.15, 0.2) is 35.2 Å². The maximum atomic E-state index is 14.1. The Balaban J connectivity index is 0.00000289. The van der Waals surface area contributed by atoms with Crippen molar-refractivity contribution in [2.45, 2.75) is 49.9 Å². The quantitative estimate of drug-likeness (QED) is 0.655. The number of halogens is 2. The van der Waals surface area contributed by atoms with E-state index in [1.807, 2.05) is 19.9 Å². The van der Waals surface area contributed by atoms with Gasteiger partial charge in [0.05, 0.1) is 12.0 Å². The lowest BCUT2D eigenvalue weighted by molar-refractivity contribution is 0.159. The molecule has 0 amide bonds. The van der Waals surface area contributed by atoms with Gasteiger partial charge in [-0.25, -0.2) is 8.42 Å². The minimum Gasteiger partial charge on any atom is -0.497 e. The molecule has 1 N–H and O–H groups in total. The van der Waals surface area contributed by atoms with Gasteiger partial charge in [0.2, 0.25) is 0 Å². The summed E-state index contributed by atoms with van der Waals surface area (Å²) in [7, 11) is -1.90. The monoisotopic (exact) mass is 498 g/mol. The Bertz CT molecular complexity index is 1070. The molecule has 1 saturated heterocycles. The van der Waals surface area contributed by atoms with Crippen molar-refractivity contribution in [1.82, 2.24) is 10.2 Å². The normalized spacial score (nSPS) is 18.5. The van der Waals surface area contributed by atoms with Crippen molar-refractivity contribution in [3.05, 3.63) is 57.6 Å². The number of hydrogen-bond acceptors (Lipinski definition) is 5. The third kappa shape index (κ3) is 4.95. The summed E-state index contributed by atoms with van der Waals surface area (Å²) in [4.78, 5) is 2.60. The van der Waals surface area contributed by atoms with Crippen LogP contribution in [-0.4, -0.2) is 45.4 Å². The second kappa shape index (κ2) is 10.3. The number of benzene rings is 2. The molecule has 0 radical (unpaired) electrons. The van der Waals surface area contributed by atoms with E-state index >= 15 is 0 Å². The molecule has 0 saturated carbocycles. The molecule has 176 valence electrons. The Morgan fingerprint density at radius 2 is 1.81 bits per heavy atom. The summed E-state index contributed by atoms with van der Waals surface area (Å²) >= 11 is 6.27. The summed E-state index contributed by atoms with van der Waals surface area (Å²) in [6, 6.07) is 9.64. The maximum absolute atomic E-state index is 14.1. The zero-order valence-electron chi connectivity index (χ0n) is 18.9. The molecule has 4 rings (SSSR count).